The lowest BCUT2D eigenvalue weighted by Gasteiger charge is -2.12. The van der Waals surface area contributed by atoms with Crippen LogP contribution in [0.1, 0.15) is 30.5 Å². The van der Waals surface area contributed by atoms with Crippen LogP contribution in [0.3, 0.4) is 0 Å². The summed E-state index contributed by atoms with van der Waals surface area (Å²) in [7, 11) is 0. The molecule has 72 valence electrons. The molecule has 0 aliphatic heterocycles. The molecule has 0 bridgehead atoms. The second-order valence-electron chi connectivity index (χ2n) is 2.83. The van der Waals surface area contributed by atoms with Crippen LogP contribution in [0.2, 0.25) is 0 Å². The molecule has 1 rings (SSSR count). The minimum atomic E-state index is -2.82. The summed E-state index contributed by atoms with van der Waals surface area (Å²) in [4.78, 5) is 0. The zero-order valence-corrected chi connectivity index (χ0v) is 7.10. The van der Waals surface area contributed by atoms with Crippen LogP contribution >= 0.6 is 0 Å². The van der Waals surface area contributed by atoms with Crippen LogP contribution in [0.15, 0.2) is 18.2 Å². The Labute approximate surface area is 74.4 Å². The van der Waals surface area contributed by atoms with Gasteiger partial charge >= 0.3 is 0 Å². The van der Waals surface area contributed by atoms with E-state index in [9.17, 15) is 13.2 Å². The number of alkyl halides is 2. The Balaban J connectivity index is 3.26. The molecule has 13 heavy (non-hydrogen) atoms. The number of halogens is 3. The van der Waals surface area contributed by atoms with E-state index in [1.807, 2.05) is 0 Å². The second kappa shape index (κ2) is 3.79. The van der Waals surface area contributed by atoms with E-state index in [1.165, 1.54) is 12.1 Å². The summed E-state index contributed by atoms with van der Waals surface area (Å²) < 4.78 is 37.6. The van der Waals surface area contributed by atoms with Crippen molar-refractivity contribution in [3.8, 4) is 0 Å². The summed E-state index contributed by atoms with van der Waals surface area (Å²) in [5, 5.41) is 0. The molecule has 1 unspecified atom stereocenters. The lowest BCUT2D eigenvalue weighted by atomic mass is 10.0. The maximum absolute atomic E-state index is 12.9. The maximum Gasteiger partial charge on any atom is 0.266 e. The van der Waals surface area contributed by atoms with Gasteiger partial charge in [0.25, 0.3) is 6.43 Å². The van der Waals surface area contributed by atoms with E-state index in [-0.39, 0.29) is 5.56 Å². The van der Waals surface area contributed by atoms with Gasteiger partial charge in [-0.1, -0.05) is 12.1 Å². The zero-order valence-electron chi connectivity index (χ0n) is 7.10. The van der Waals surface area contributed by atoms with Crippen LogP contribution < -0.4 is 5.73 Å². The van der Waals surface area contributed by atoms with Gasteiger partial charge in [-0.15, -0.1) is 0 Å². The Morgan fingerprint density at radius 2 is 1.92 bits per heavy atom. The van der Waals surface area contributed by atoms with Crippen LogP contribution in [0.5, 0.6) is 0 Å². The average Bonchev–Trinajstić information content (AvgIpc) is 2.02. The van der Waals surface area contributed by atoms with E-state index in [0.29, 0.717) is 0 Å². The number of hydrogen-bond donors (Lipinski definition) is 1. The van der Waals surface area contributed by atoms with Crippen molar-refractivity contribution in [1.29, 1.82) is 0 Å². The first kappa shape index (κ1) is 10.1. The normalized spacial score (nSPS) is 13.4. The fraction of sp³-hybridized carbons (Fsp3) is 0.333. The third-order valence-corrected chi connectivity index (χ3v) is 1.80. The molecule has 0 aliphatic rings. The molecule has 1 atom stereocenters. The minimum Gasteiger partial charge on any atom is -0.324 e. The highest BCUT2D eigenvalue weighted by molar-refractivity contribution is 5.31. The first-order chi connectivity index (χ1) is 6.04. The van der Waals surface area contributed by atoms with Crippen molar-refractivity contribution >= 4 is 0 Å². The van der Waals surface area contributed by atoms with Crippen LogP contribution in [0.25, 0.3) is 0 Å². The molecule has 1 nitrogen and oxygen atoms in total. The molecule has 1 aromatic rings. The number of benzene rings is 1. The largest absolute Gasteiger partial charge is 0.324 e. The van der Waals surface area contributed by atoms with Crippen molar-refractivity contribution in [1.82, 2.24) is 0 Å². The molecule has 0 aliphatic carbocycles. The lowest BCUT2D eigenvalue weighted by molar-refractivity contribution is 0.144. The summed E-state index contributed by atoms with van der Waals surface area (Å²) >= 11 is 0. The quantitative estimate of drug-likeness (QED) is 0.760. The van der Waals surface area contributed by atoms with Crippen molar-refractivity contribution in [3.05, 3.63) is 35.1 Å². The molecule has 0 fully saturated rings. The van der Waals surface area contributed by atoms with E-state index in [1.54, 1.807) is 6.92 Å². The van der Waals surface area contributed by atoms with Gasteiger partial charge in [0.1, 0.15) is 5.82 Å². The van der Waals surface area contributed by atoms with Crippen LogP contribution in [0, 0.1) is 5.82 Å². The Kier molecular flexibility index (Phi) is 2.93. The van der Waals surface area contributed by atoms with E-state index in [2.05, 4.69) is 0 Å². The first-order valence-electron chi connectivity index (χ1n) is 3.86. The van der Waals surface area contributed by atoms with Crippen molar-refractivity contribution in [2.75, 3.05) is 0 Å². The van der Waals surface area contributed by atoms with Gasteiger partial charge < -0.3 is 5.73 Å². The highest BCUT2D eigenvalue weighted by Gasteiger charge is 2.19. The van der Waals surface area contributed by atoms with Crippen LogP contribution in [-0.2, 0) is 0 Å². The molecule has 0 heterocycles. The van der Waals surface area contributed by atoms with Gasteiger partial charge in [0, 0.05) is 6.04 Å². The smallest absolute Gasteiger partial charge is 0.266 e. The molecule has 0 saturated heterocycles. The third kappa shape index (κ3) is 2.01. The summed E-state index contributed by atoms with van der Waals surface area (Å²) in [5.74, 6) is -0.898. The lowest BCUT2D eigenvalue weighted by Crippen LogP contribution is -2.10. The molecule has 0 saturated carbocycles. The van der Waals surface area contributed by atoms with Crippen molar-refractivity contribution in [2.45, 2.75) is 19.4 Å². The molecule has 0 aromatic heterocycles. The van der Waals surface area contributed by atoms with E-state index < -0.39 is 23.8 Å². The van der Waals surface area contributed by atoms with Crippen molar-refractivity contribution in [2.24, 2.45) is 5.73 Å². The topological polar surface area (TPSA) is 26.0 Å². The monoisotopic (exact) mass is 189 g/mol. The highest BCUT2D eigenvalue weighted by atomic mass is 19.3. The highest BCUT2D eigenvalue weighted by Crippen LogP contribution is 2.28. The van der Waals surface area contributed by atoms with Crippen molar-refractivity contribution < 1.29 is 13.2 Å². The van der Waals surface area contributed by atoms with Gasteiger partial charge in [0.2, 0.25) is 0 Å². The van der Waals surface area contributed by atoms with Gasteiger partial charge in [0.15, 0.2) is 0 Å². The van der Waals surface area contributed by atoms with Crippen molar-refractivity contribution in [3.63, 3.8) is 0 Å². The Bertz CT molecular complexity index is 297. The molecular weight excluding hydrogens is 179 g/mol. The summed E-state index contributed by atoms with van der Waals surface area (Å²) in [6, 6.07) is 3.21. The van der Waals surface area contributed by atoms with Crippen LogP contribution in [-0.4, -0.2) is 0 Å². The number of rotatable bonds is 2. The van der Waals surface area contributed by atoms with Gasteiger partial charge in [0.05, 0.1) is 5.56 Å². The molecule has 0 spiro atoms. The predicted octanol–water partition coefficient (Wildman–Crippen LogP) is 2.78. The Hall–Kier alpha value is -1.03. The first-order valence-corrected chi connectivity index (χ1v) is 3.86. The van der Waals surface area contributed by atoms with Gasteiger partial charge in [-0.3, -0.25) is 0 Å². The molecule has 2 N–H and O–H groups in total. The van der Waals surface area contributed by atoms with Gasteiger partial charge in [-0.2, -0.15) is 0 Å². The SMILES string of the molecule is CC(N)c1cccc(F)c1C(F)F. The standard InChI is InChI=1S/C9H10F3N/c1-5(13)6-3-2-4-7(10)8(6)9(11)12/h2-5,9H,13H2,1H3. The zero-order chi connectivity index (χ0) is 10.0. The van der Waals surface area contributed by atoms with E-state index >= 15 is 0 Å². The van der Waals surface area contributed by atoms with Gasteiger partial charge in [-0.25, -0.2) is 13.2 Å². The summed E-state index contributed by atoms with van der Waals surface area (Å²) in [5.41, 5.74) is 5.00. The minimum absolute atomic E-state index is 0.162. The van der Waals surface area contributed by atoms with Gasteiger partial charge in [-0.05, 0) is 18.6 Å². The fourth-order valence-corrected chi connectivity index (χ4v) is 1.18. The Morgan fingerprint density at radius 1 is 1.31 bits per heavy atom. The molecule has 0 radical (unpaired) electrons. The van der Waals surface area contributed by atoms with Crippen LogP contribution in [0.4, 0.5) is 13.2 Å². The predicted molar refractivity (Wildman–Crippen MR) is 44.0 cm³/mol. The summed E-state index contributed by atoms with van der Waals surface area (Å²) in [6.07, 6.45) is -2.82. The van der Waals surface area contributed by atoms with E-state index in [4.69, 9.17) is 5.73 Å². The second-order valence-corrected chi connectivity index (χ2v) is 2.83. The third-order valence-electron chi connectivity index (χ3n) is 1.80. The molecule has 4 heteroatoms. The molecule has 0 amide bonds. The van der Waals surface area contributed by atoms with E-state index in [0.717, 1.165) is 6.07 Å². The summed E-state index contributed by atoms with van der Waals surface area (Å²) in [6.45, 7) is 1.54. The number of nitrogens with two attached hydrogens (primary N) is 1. The number of hydrogen-bond acceptors (Lipinski definition) is 1. The maximum atomic E-state index is 12.9. The Morgan fingerprint density at radius 3 is 2.31 bits per heavy atom. The molecular formula is C9H10F3N. The molecule has 1 aromatic carbocycles. The fourth-order valence-electron chi connectivity index (χ4n) is 1.18. The average molecular weight is 189 g/mol.